The summed E-state index contributed by atoms with van der Waals surface area (Å²) in [4.78, 5) is 0. The maximum absolute atomic E-state index is 2.33. The summed E-state index contributed by atoms with van der Waals surface area (Å²) >= 11 is 3.84. The van der Waals surface area contributed by atoms with Crippen LogP contribution in [-0.2, 0) is 0 Å². The Labute approximate surface area is 136 Å². The Hall–Kier alpha value is 0.0800. The third-order valence-electron chi connectivity index (χ3n) is 2.18. The first kappa shape index (κ1) is 13.1. The minimum absolute atomic E-state index is 0.0358. The van der Waals surface area contributed by atoms with Crippen LogP contribution in [0.15, 0.2) is 59.3 Å². The molecule has 0 amide bonds. The van der Waals surface area contributed by atoms with Crippen molar-refractivity contribution in [3.05, 3.63) is 72.2 Å². The zero-order valence-electron chi connectivity index (χ0n) is 9.35. The van der Waals surface area contributed by atoms with E-state index in [1.807, 2.05) is 22.7 Å². The lowest BCUT2D eigenvalue weighted by Gasteiger charge is -1.84. The van der Waals surface area contributed by atoms with Crippen LogP contribution in [0.5, 0.6) is 0 Å². The lowest BCUT2D eigenvalue weighted by Crippen LogP contribution is -3.62. The van der Waals surface area contributed by atoms with Crippen molar-refractivity contribution in [3.63, 3.8) is 0 Å². The number of halogens is 2. The van der Waals surface area contributed by atoms with Crippen LogP contribution in [0.2, 0.25) is 0 Å². The fourth-order valence-corrected chi connectivity index (χ4v) is 8.65. The standard InChI is InChI=1S/C14H10I2S2/c1-3-13(17-9-1)15-11-5-7-12(8-6-11)16-14-4-2-10-18-14/h1-10H/q+2. The Morgan fingerprint density at radius 1 is 0.611 bits per heavy atom. The topological polar surface area (TPSA) is 0 Å². The van der Waals surface area contributed by atoms with Gasteiger partial charge in [0.25, 0.3) is 0 Å². The molecule has 90 valence electrons. The third kappa shape index (κ3) is 3.55. The van der Waals surface area contributed by atoms with Crippen molar-refractivity contribution in [2.24, 2.45) is 0 Å². The molecule has 0 spiro atoms. The van der Waals surface area contributed by atoms with Crippen LogP contribution in [-0.4, -0.2) is 0 Å². The number of benzene rings is 1. The highest BCUT2D eigenvalue weighted by molar-refractivity contribution is 7.07. The monoisotopic (exact) mass is 496 g/mol. The van der Waals surface area contributed by atoms with Gasteiger partial charge in [-0.25, -0.2) is 0 Å². The molecule has 4 heteroatoms. The van der Waals surface area contributed by atoms with Crippen LogP contribution in [0.1, 0.15) is 0 Å². The minimum Gasteiger partial charge on any atom is -0.0963 e. The molecule has 0 aliphatic heterocycles. The van der Waals surface area contributed by atoms with Gasteiger partial charge >= 0.3 is 42.4 Å². The zero-order chi connectivity index (χ0) is 12.2. The zero-order valence-corrected chi connectivity index (χ0v) is 15.3. The van der Waals surface area contributed by atoms with Crippen molar-refractivity contribution in [2.45, 2.75) is 0 Å². The van der Waals surface area contributed by atoms with Gasteiger partial charge in [0, 0.05) is 12.1 Å². The molecule has 0 saturated carbocycles. The van der Waals surface area contributed by atoms with Crippen LogP contribution in [0.3, 0.4) is 0 Å². The second-order valence-corrected chi connectivity index (χ2v) is 12.7. The number of rotatable bonds is 4. The van der Waals surface area contributed by atoms with Crippen molar-refractivity contribution in [2.75, 3.05) is 0 Å². The molecule has 18 heavy (non-hydrogen) atoms. The molecule has 0 N–H and O–H groups in total. The van der Waals surface area contributed by atoms with Crippen LogP contribution < -0.4 is 42.4 Å². The van der Waals surface area contributed by atoms with Gasteiger partial charge in [0.2, 0.25) is 5.77 Å². The first-order valence-corrected chi connectivity index (χ1v) is 11.4. The van der Waals surface area contributed by atoms with E-state index in [2.05, 4.69) is 59.3 Å². The van der Waals surface area contributed by atoms with E-state index in [-0.39, 0.29) is 42.4 Å². The van der Waals surface area contributed by atoms with Crippen molar-refractivity contribution in [3.8, 4) is 0 Å². The highest BCUT2D eigenvalue weighted by atomic mass is 127. The third-order valence-corrected chi connectivity index (χ3v) is 10.5. The molecule has 0 bridgehead atoms. The van der Waals surface area contributed by atoms with E-state index >= 15 is 0 Å². The molecular weight excluding hydrogens is 486 g/mol. The first-order chi connectivity index (χ1) is 8.90. The van der Waals surface area contributed by atoms with E-state index in [1.54, 1.807) is 5.77 Å². The molecular formula is C14H10I2S2+2. The van der Waals surface area contributed by atoms with Gasteiger partial charge in [-0.05, 0) is 47.2 Å². The fourth-order valence-electron chi connectivity index (χ4n) is 1.40. The van der Waals surface area contributed by atoms with Crippen LogP contribution >= 0.6 is 22.7 Å². The molecule has 0 aliphatic carbocycles. The molecule has 0 fully saturated rings. The Morgan fingerprint density at radius 2 is 1.06 bits per heavy atom. The van der Waals surface area contributed by atoms with Gasteiger partial charge < -0.3 is 0 Å². The lowest BCUT2D eigenvalue weighted by molar-refractivity contribution is -0.597. The van der Waals surface area contributed by atoms with Crippen LogP contribution in [0.4, 0.5) is 0 Å². The maximum atomic E-state index is 2.33. The van der Waals surface area contributed by atoms with Gasteiger partial charge in [-0.15, -0.1) is 0 Å². The Kier molecular flexibility index (Phi) is 4.72. The summed E-state index contributed by atoms with van der Waals surface area (Å²) in [6, 6.07) is 18.1. The molecule has 0 radical (unpaired) electrons. The molecule has 1 aromatic carbocycles. The van der Waals surface area contributed by atoms with E-state index in [4.69, 9.17) is 0 Å². The molecule has 0 aliphatic rings. The van der Waals surface area contributed by atoms with Gasteiger partial charge in [0.05, 0.1) is 0 Å². The Morgan fingerprint density at radius 3 is 1.39 bits per heavy atom. The maximum Gasteiger partial charge on any atom is 0.369 e. The second-order valence-electron chi connectivity index (χ2n) is 3.46. The fraction of sp³-hybridized carbons (Fsp3) is 0. The molecule has 3 rings (SSSR count). The predicted molar refractivity (Wildman–Crippen MR) is 69.9 cm³/mol. The highest BCUT2D eigenvalue weighted by Crippen LogP contribution is 1.95. The highest BCUT2D eigenvalue weighted by Gasteiger charge is 2.20. The lowest BCUT2D eigenvalue weighted by atomic mass is 10.4. The molecule has 0 atom stereocenters. The molecule has 0 saturated heterocycles. The quantitative estimate of drug-likeness (QED) is 0.370. The Bertz CT molecular complexity index is 528. The van der Waals surface area contributed by atoms with Gasteiger partial charge in [0.1, 0.15) is 0 Å². The second kappa shape index (κ2) is 6.49. The van der Waals surface area contributed by atoms with E-state index in [1.165, 1.54) is 7.14 Å². The van der Waals surface area contributed by atoms with Crippen molar-refractivity contribution in [1.29, 1.82) is 0 Å². The van der Waals surface area contributed by atoms with E-state index in [0.29, 0.717) is 0 Å². The van der Waals surface area contributed by atoms with Gasteiger partial charge in [-0.2, -0.15) is 0 Å². The smallest absolute Gasteiger partial charge is 0.0963 e. The number of hydrogen-bond acceptors (Lipinski definition) is 2. The normalized spacial score (nSPS) is 10.7. The van der Waals surface area contributed by atoms with Crippen LogP contribution in [0.25, 0.3) is 0 Å². The summed E-state index contributed by atoms with van der Waals surface area (Å²) in [7, 11) is 0. The predicted octanol–water partition coefficient (Wildman–Crippen LogP) is -1.93. The average Bonchev–Trinajstić information content (AvgIpc) is 3.05. The summed E-state index contributed by atoms with van der Waals surface area (Å²) in [5.41, 5.74) is 0. The number of hydrogen-bond donors (Lipinski definition) is 0. The minimum atomic E-state index is 0.0358. The average molecular weight is 496 g/mol. The van der Waals surface area contributed by atoms with E-state index in [0.717, 1.165) is 0 Å². The summed E-state index contributed by atoms with van der Waals surface area (Å²) in [5, 5.41) is 4.34. The Balaban J connectivity index is 1.69. The van der Waals surface area contributed by atoms with Gasteiger partial charge in [0.15, 0.2) is 7.14 Å². The van der Waals surface area contributed by atoms with Crippen molar-refractivity contribution >= 4 is 22.7 Å². The SMILES string of the molecule is c1csc([I+]c2ccc([I+]c3cccs3)cc2)c1. The number of thiophene rings is 2. The summed E-state index contributed by atoms with van der Waals surface area (Å²) < 4.78 is 6.15. The van der Waals surface area contributed by atoms with Crippen molar-refractivity contribution in [1.82, 2.24) is 0 Å². The molecule has 0 nitrogen and oxygen atoms in total. The summed E-state index contributed by atoms with van der Waals surface area (Å²) in [6.45, 7) is 0. The first-order valence-electron chi connectivity index (χ1n) is 5.37. The molecule has 2 aromatic heterocycles. The van der Waals surface area contributed by atoms with E-state index < -0.39 is 0 Å². The van der Waals surface area contributed by atoms with Crippen LogP contribution in [0, 0.1) is 12.9 Å². The molecule has 3 aromatic rings. The largest absolute Gasteiger partial charge is 0.369 e. The van der Waals surface area contributed by atoms with Gasteiger partial charge in [-0.3, -0.25) is 0 Å². The molecule has 2 heterocycles. The van der Waals surface area contributed by atoms with E-state index in [9.17, 15) is 0 Å². The molecule has 0 unspecified atom stereocenters. The van der Waals surface area contributed by atoms with Crippen molar-refractivity contribution < 1.29 is 42.4 Å². The summed E-state index contributed by atoms with van der Waals surface area (Å²) in [6.07, 6.45) is 0. The summed E-state index contributed by atoms with van der Waals surface area (Å²) in [5.74, 6) is 0. The van der Waals surface area contributed by atoms with Gasteiger partial charge in [-0.1, -0.05) is 22.7 Å².